The summed E-state index contributed by atoms with van der Waals surface area (Å²) in [6.45, 7) is 15.2. The molecule has 0 saturated heterocycles. The van der Waals surface area contributed by atoms with Crippen molar-refractivity contribution in [3.05, 3.63) is 71.7 Å². The molecule has 1 aromatic rings. The number of ether oxygens (including phenoxy) is 2. The number of esters is 2. The number of fused-ring (bicyclic) bond motifs is 2. The van der Waals surface area contributed by atoms with Crippen molar-refractivity contribution in [2.45, 2.75) is 105 Å². The Balaban J connectivity index is 1.40. The summed E-state index contributed by atoms with van der Waals surface area (Å²) in [5, 5.41) is 0. The van der Waals surface area contributed by atoms with Crippen LogP contribution >= 0.6 is 0 Å². The maximum absolute atomic E-state index is 11.6. The van der Waals surface area contributed by atoms with E-state index in [-0.39, 0.29) is 22.8 Å². The van der Waals surface area contributed by atoms with E-state index in [2.05, 4.69) is 92.1 Å². The van der Waals surface area contributed by atoms with Crippen LogP contribution in [-0.4, -0.2) is 48.1 Å². The maximum atomic E-state index is 11.6. The SMILES string of the molecule is CCOC(=O)CCCCCN1C=CC=C2C1=N/C(=C\C=C\C1=Nc3c(ccc[n+]3CCCCCC(=O)OCC)C1(C)C)C2(C)C. The third kappa shape index (κ3) is 8.27. The van der Waals surface area contributed by atoms with Gasteiger partial charge in [-0.25, -0.2) is 9.56 Å². The molecule has 0 aromatic carbocycles. The van der Waals surface area contributed by atoms with Gasteiger partial charge in [-0.3, -0.25) is 9.59 Å². The first-order chi connectivity index (χ1) is 21.6. The van der Waals surface area contributed by atoms with Crippen molar-refractivity contribution in [1.29, 1.82) is 0 Å². The Bertz CT molecular complexity index is 1430. The smallest absolute Gasteiger partial charge is 0.327 e. The van der Waals surface area contributed by atoms with Crippen LogP contribution in [0.5, 0.6) is 0 Å². The summed E-state index contributed by atoms with van der Waals surface area (Å²) < 4.78 is 12.3. The fraction of sp³-hybridized carbons (Fsp3) is 0.541. The van der Waals surface area contributed by atoms with E-state index in [1.807, 2.05) is 13.8 Å². The molecule has 0 amide bonds. The number of allylic oxidation sites excluding steroid dienone is 6. The second-order valence-corrected chi connectivity index (χ2v) is 12.9. The zero-order chi connectivity index (χ0) is 32.5. The van der Waals surface area contributed by atoms with E-state index in [0.717, 1.165) is 74.7 Å². The van der Waals surface area contributed by atoms with Gasteiger partial charge >= 0.3 is 17.8 Å². The zero-order valence-electron chi connectivity index (χ0n) is 28.1. The van der Waals surface area contributed by atoms with E-state index in [1.165, 1.54) is 11.1 Å². The molecule has 0 spiro atoms. The average Bonchev–Trinajstić information content (AvgIpc) is 3.42. The van der Waals surface area contributed by atoms with Crippen molar-refractivity contribution in [2.75, 3.05) is 19.8 Å². The summed E-state index contributed by atoms with van der Waals surface area (Å²) in [6, 6.07) is 4.28. The van der Waals surface area contributed by atoms with E-state index >= 15 is 0 Å². The first-order valence-corrected chi connectivity index (χ1v) is 16.7. The molecule has 1 aromatic heterocycles. The summed E-state index contributed by atoms with van der Waals surface area (Å²) in [5.74, 6) is 1.81. The molecule has 4 rings (SSSR count). The number of aryl methyl sites for hydroxylation is 1. The predicted octanol–water partition coefficient (Wildman–Crippen LogP) is 7.22. The molecule has 8 nitrogen and oxygen atoms in total. The molecule has 0 atom stereocenters. The molecule has 0 aliphatic carbocycles. The first kappa shape index (κ1) is 34.1. The number of nitrogens with zero attached hydrogens (tertiary/aromatic N) is 4. The Morgan fingerprint density at radius 2 is 1.60 bits per heavy atom. The highest BCUT2D eigenvalue weighted by Crippen LogP contribution is 2.44. The molecule has 3 aliphatic rings. The Kier molecular flexibility index (Phi) is 11.7. The number of rotatable bonds is 16. The molecule has 0 N–H and O–H groups in total. The molecule has 0 radical (unpaired) electrons. The average molecular weight is 616 g/mol. The highest BCUT2D eigenvalue weighted by Gasteiger charge is 2.42. The normalized spacial score (nSPS) is 18.5. The molecule has 45 heavy (non-hydrogen) atoms. The minimum Gasteiger partial charge on any atom is -0.466 e. The fourth-order valence-corrected chi connectivity index (χ4v) is 6.10. The van der Waals surface area contributed by atoms with Gasteiger partial charge in [-0.05, 0) is 95.2 Å². The fourth-order valence-electron chi connectivity index (χ4n) is 6.10. The molecule has 0 unspecified atom stereocenters. The number of aromatic nitrogens is 1. The molecule has 242 valence electrons. The van der Waals surface area contributed by atoms with Crippen LogP contribution in [0.4, 0.5) is 5.82 Å². The number of carbonyl (C=O) groups is 2. The van der Waals surface area contributed by atoms with Crippen molar-refractivity contribution in [3.63, 3.8) is 0 Å². The van der Waals surface area contributed by atoms with Gasteiger partial charge in [0.25, 0.3) is 0 Å². The van der Waals surface area contributed by atoms with Gasteiger partial charge in [-0.15, -0.1) is 0 Å². The van der Waals surface area contributed by atoms with Gasteiger partial charge in [0.15, 0.2) is 5.71 Å². The lowest BCUT2D eigenvalue weighted by atomic mass is 9.81. The molecule has 0 fully saturated rings. The third-order valence-electron chi connectivity index (χ3n) is 8.84. The summed E-state index contributed by atoms with van der Waals surface area (Å²) >= 11 is 0. The van der Waals surface area contributed by atoms with Gasteiger partial charge in [-0.1, -0.05) is 32.4 Å². The minimum absolute atomic E-state index is 0.111. The predicted molar refractivity (Wildman–Crippen MR) is 179 cm³/mol. The summed E-state index contributed by atoms with van der Waals surface area (Å²) in [5.41, 5.74) is 4.10. The van der Waals surface area contributed by atoms with Crippen LogP contribution in [0.25, 0.3) is 0 Å². The van der Waals surface area contributed by atoms with Crippen LogP contribution in [0.15, 0.2) is 76.2 Å². The van der Waals surface area contributed by atoms with E-state index in [4.69, 9.17) is 19.5 Å². The van der Waals surface area contributed by atoms with Gasteiger partial charge < -0.3 is 14.4 Å². The highest BCUT2D eigenvalue weighted by molar-refractivity contribution is 6.08. The van der Waals surface area contributed by atoms with Crippen molar-refractivity contribution < 1.29 is 23.6 Å². The molecule has 0 saturated carbocycles. The van der Waals surface area contributed by atoms with Crippen molar-refractivity contribution in [1.82, 2.24) is 4.90 Å². The van der Waals surface area contributed by atoms with E-state index in [0.29, 0.717) is 26.1 Å². The Labute approximate surface area is 269 Å². The number of pyridine rings is 1. The molecule has 0 bridgehead atoms. The topological polar surface area (TPSA) is 84.4 Å². The number of carbonyl (C=O) groups excluding carboxylic acids is 2. The van der Waals surface area contributed by atoms with E-state index < -0.39 is 0 Å². The highest BCUT2D eigenvalue weighted by atomic mass is 16.5. The monoisotopic (exact) mass is 615 g/mol. The van der Waals surface area contributed by atoms with Gasteiger partial charge in [0.2, 0.25) is 0 Å². The van der Waals surface area contributed by atoms with Crippen LogP contribution in [0, 0.1) is 5.41 Å². The summed E-state index contributed by atoms with van der Waals surface area (Å²) in [6.07, 6.45) is 21.4. The van der Waals surface area contributed by atoms with Gasteiger partial charge in [0.1, 0.15) is 5.84 Å². The number of hydrogen-bond acceptors (Lipinski definition) is 7. The van der Waals surface area contributed by atoms with Crippen molar-refractivity contribution in [3.8, 4) is 0 Å². The first-order valence-electron chi connectivity index (χ1n) is 16.7. The van der Waals surface area contributed by atoms with E-state index in [9.17, 15) is 9.59 Å². The second-order valence-electron chi connectivity index (χ2n) is 12.9. The quantitative estimate of drug-likeness (QED) is 0.111. The van der Waals surface area contributed by atoms with Gasteiger partial charge in [0, 0.05) is 36.6 Å². The third-order valence-corrected chi connectivity index (χ3v) is 8.84. The molecule has 8 heteroatoms. The lowest BCUT2D eigenvalue weighted by Crippen LogP contribution is -2.34. The number of hydrogen-bond donors (Lipinski definition) is 0. The summed E-state index contributed by atoms with van der Waals surface area (Å²) in [4.78, 5) is 35.7. The van der Waals surface area contributed by atoms with Gasteiger partial charge in [0.05, 0.1) is 42.6 Å². The number of amidine groups is 1. The van der Waals surface area contributed by atoms with Crippen molar-refractivity contribution in [2.24, 2.45) is 15.4 Å². The molecule has 4 heterocycles. The molecule has 3 aliphatic heterocycles. The lowest BCUT2D eigenvalue weighted by molar-refractivity contribution is -0.684. The maximum Gasteiger partial charge on any atom is 0.327 e. The Morgan fingerprint density at radius 1 is 0.911 bits per heavy atom. The lowest BCUT2D eigenvalue weighted by Gasteiger charge is -2.28. The number of unbranched alkanes of at least 4 members (excludes halogenated alkanes) is 4. The molecular formula is C37H51N4O4+. The summed E-state index contributed by atoms with van der Waals surface area (Å²) in [7, 11) is 0. The van der Waals surface area contributed by atoms with Gasteiger partial charge in [-0.2, -0.15) is 0 Å². The van der Waals surface area contributed by atoms with Crippen molar-refractivity contribution >= 4 is 29.3 Å². The van der Waals surface area contributed by atoms with Crippen LogP contribution in [-0.2, 0) is 31.0 Å². The van der Waals surface area contributed by atoms with Crippen LogP contribution in [0.1, 0.15) is 98.5 Å². The van der Waals surface area contributed by atoms with Crippen LogP contribution < -0.4 is 4.57 Å². The number of aliphatic imine (C=N–C) groups is 2. The van der Waals surface area contributed by atoms with Crippen LogP contribution in [0.2, 0.25) is 0 Å². The van der Waals surface area contributed by atoms with Crippen LogP contribution in [0.3, 0.4) is 0 Å². The minimum atomic E-state index is -0.209. The molecular weight excluding hydrogens is 564 g/mol. The van der Waals surface area contributed by atoms with E-state index in [1.54, 1.807) is 0 Å². The Hall–Kier alpha value is -3.81. The second kappa shape index (κ2) is 15.5. The largest absolute Gasteiger partial charge is 0.466 e. The Morgan fingerprint density at radius 3 is 2.29 bits per heavy atom. The zero-order valence-corrected chi connectivity index (χ0v) is 28.1. The standard InChI is InChI=1S/C37H51N4O4/c1-7-44-32(42)22-11-9-13-24-40-26-16-18-28-34(40)38-30(36(28,3)4)20-15-21-31-37(5,6)29-19-17-27-41(35(29)39-31)25-14-10-12-23-33(43)45-8-2/h15-21,26-27H,7-14,22-25H2,1-6H3/q+1.